The average molecular weight is 227 g/mol. The summed E-state index contributed by atoms with van der Waals surface area (Å²) in [5.74, 6) is -1.49. The molecule has 1 unspecified atom stereocenters. The van der Waals surface area contributed by atoms with Crippen molar-refractivity contribution >= 4 is 6.41 Å². The molecule has 1 aromatic carbocycles. The van der Waals surface area contributed by atoms with E-state index in [-0.39, 0.29) is 5.56 Å². The van der Waals surface area contributed by atoms with E-state index in [1.807, 2.05) is 0 Å². The molecule has 0 aromatic heterocycles. The number of hydrogen-bond acceptors (Lipinski definition) is 2. The minimum Gasteiger partial charge on any atom is -0.386 e. The Morgan fingerprint density at radius 3 is 2.62 bits per heavy atom. The van der Waals surface area contributed by atoms with Crippen LogP contribution in [0, 0.1) is 11.6 Å². The number of nitrogens with one attached hydrogen (secondary N) is 1. The van der Waals surface area contributed by atoms with Crippen LogP contribution in [0.5, 0.6) is 0 Å². The topological polar surface area (TPSA) is 49.3 Å². The Morgan fingerprint density at radius 1 is 1.44 bits per heavy atom. The van der Waals surface area contributed by atoms with Gasteiger partial charge in [0.1, 0.15) is 17.7 Å². The molecule has 0 radical (unpaired) electrons. The molecule has 1 fully saturated rings. The van der Waals surface area contributed by atoms with Crippen LogP contribution in [0.15, 0.2) is 18.2 Å². The smallest absolute Gasteiger partial charge is 0.207 e. The lowest BCUT2D eigenvalue weighted by Gasteiger charge is -2.22. The molecule has 1 saturated carbocycles. The van der Waals surface area contributed by atoms with Crippen LogP contribution in [-0.4, -0.2) is 17.1 Å². The molecule has 0 saturated heterocycles. The molecule has 0 bridgehead atoms. The second-order valence-corrected chi connectivity index (χ2v) is 3.99. The number of amides is 1. The first-order chi connectivity index (χ1) is 7.59. The van der Waals surface area contributed by atoms with Crippen molar-refractivity contribution in [3.05, 3.63) is 35.4 Å². The summed E-state index contributed by atoms with van der Waals surface area (Å²) in [6.07, 6.45) is 0.517. The fourth-order valence-corrected chi connectivity index (χ4v) is 1.77. The summed E-state index contributed by atoms with van der Waals surface area (Å²) in [7, 11) is 0. The van der Waals surface area contributed by atoms with Crippen LogP contribution in [-0.2, 0) is 4.79 Å². The molecule has 5 heteroatoms. The Kier molecular flexibility index (Phi) is 2.63. The van der Waals surface area contributed by atoms with Gasteiger partial charge in [0.05, 0.1) is 5.54 Å². The molecule has 1 amide bonds. The van der Waals surface area contributed by atoms with Crippen LogP contribution in [0.4, 0.5) is 8.78 Å². The highest BCUT2D eigenvalue weighted by molar-refractivity contribution is 5.50. The third-order valence-electron chi connectivity index (χ3n) is 2.92. The SMILES string of the molecule is O=CNC1(C(O)c2ccc(F)cc2F)CC1. The van der Waals surface area contributed by atoms with Crippen LogP contribution in [0.3, 0.4) is 0 Å². The molecule has 86 valence electrons. The van der Waals surface area contributed by atoms with Crippen LogP contribution >= 0.6 is 0 Å². The molecule has 1 aromatic rings. The molecule has 1 aliphatic rings. The summed E-state index contributed by atoms with van der Waals surface area (Å²) in [6, 6.07) is 3.00. The third-order valence-corrected chi connectivity index (χ3v) is 2.92. The standard InChI is InChI=1S/C11H11F2NO2/c12-7-1-2-8(9(13)5-7)10(16)11(3-4-11)14-6-15/h1-2,5-6,10,16H,3-4H2,(H,14,15). The predicted molar refractivity (Wildman–Crippen MR) is 52.5 cm³/mol. The number of halogens is 2. The lowest BCUT2D eigenvalue weighted by Crippen LogP contribution is -2.36. The van der Waals surface area contributed by atoms with Gasteiger partial charge in [0.15, 0.2) is 0 Å². The third kappa shape index (κ3) is 1.78. The van der Waals surface area contributed by atoms with Crippen LogP contribution < -0.4 is 5.32 Å². The summed E-state index contributed by atoms with van der Waals surface area (Å²) in [5, 5.41) is 12.4. The van der Waals surface area contributed by atoms with Gasteiger partial charge < -0.3 is 10.4 Å². The molecule has 1 aliphatic carbocycles. The monoisotopic (exact) mass is 227 g/mol. The minimum atomic E-state index is -1.14. The Balaban J connectivity index is 2.27. The lowest BCUT2D eigenvalue weighted by molar-refractivity contribution is -0.111. The zero-order chi connectivity index (χ0) is 11.8. The predicted octanol–water partition coefficient (Wildman–Crippen LogP) is 1.28. The van der Waals surface area contributed by atoms with Crippen LogP contribution in [0.25, 0.3) is 0 Å². The van der Waals surface area contributed by atoms with Crippen molar-refractivity contribution in [3.8, 4) is 0 Å². The van der Waals surface area contributed by atoms with Gasteiger partial charge in [0.25, 0.3) is 0 Å². The highest BCUT2D eigenvalue weighted by Gasteiger charge is 2.50. The van der Waals surface area contributed by atoms with Gasteiger partial charge in [-0.05, 0) is 18.9 Å². The van der Waals surface area contributed by atoms with E-state index in [2.05, 4.69) is 5.32 Å². The largest absolute Gasteiger partial charge is 0.386 e. The normalized spacial score (nSPS) is 18.9. The van der Waals surface area contributed by atoms with Crippen molar-refractivity contribution in [2.24, 2.45) is 0 Å². The van der Waals surface area contributed by atoms with Gasteiger partial charge in [-0.25, -0.2) is 8.78 Å². The van der Waals surface area contributed by atoms with Crippen molar-refractivity contribution < 1.29 is 18.7 Å². The number of carbonyl (C=O) groups is 1. The van der Waals surface area contributed by atoms with E-state index >= 15 is 0 Å². The Morgan fingerprint density at radius 2 is 2.12 bits per heavy atom. The van der Waals surface area contributed by atoms with E-state index in [0.29, 0.717) is 19.3 Å². The van der Waals surface area contributed by atoms with Gasteiger partial charge in [0, 0.05) is 11.6 Å². The summed E-state index contributed by atoms with van der Waals surface area (Å²) >= 11 is 0. The first-order valence-corrected chi connectivity index (χ1v) is 4.93. The van der Waals surface area contributed by atoms with E-state index < -0.39 is 23.3 Å². The number of rotatable bonds is 4. The molecule has 3 nitrogen and oxygen atoms in total. The quantitative estimate of drug-likeness (QED) is 0.761. The molecule has 2 N–H and O–H groups in total. The second-order valence-electron chi connectivity index (χ2n) is 3.99. The summed E-state index contributed by atoms with van der Waals surface area (Å²) in [5.41, 5.74) is -0.770. The maximum atomic E-state index is 13.4. The molecule has 1 atom stereocenters. The Hall–Kier alpha value is -1.49. The van der Waals surface area contributed by atoms with E-state index in [9.17, 15) is 18.7 Å². The van der Waals surface area contributed by atoms with Crippen molar-refractivity contribution in [2.75, 3.05) is 0 Å². The van der Waals surface area contributed by atoms with Crippen LogP contribution in [0.2, 0.25) is 0 Å². The van der Waals surface area contributed by atoms with Gasteiger partial charge in [-0.2, -0.15) is 0 Å². The molecule has 16 heavy (non-hydrogen) atoms. The highest BCUT2D eigenvalue weighted by atomic mass is 19.1. The van der Waals surface area contributed by atoms with E-state index in [4.69, 9.17) is 0 Å². The maximum absolute atomic E-state index is 13.4. The molecule has 0 aliphatic heterocycles. The highest BCUT2D eigenvalue weighted by Crippen LogP contribution is 2.46. The molecule has 2 rings (SSSR count). The summed E-state index contributed by atoms with van der Waals surface area (Å²) < 4.78 is 26.1. The van der Waals surface area contributed by atoms with Crippen molar-refractivity contribution in [3.63, 3.8) is 0 Å². The van der Waals surface area contributed by atoms with E-state index in [1.54, 1.807) is 0 Å². The second kappa shape index (κ2) is 3.83. The van der Waals surface area contributed by atoms with E-state index in [1.165, 1.54) is 6.07 Å². The first kappa shape index (κ1) is 11.0. The van der Waals surface area contributed by atoms with Gasteiger partial charge in [-0.1, -0.05) is 6.07 Å². The van der Waals surface area contributed by atoms with Gasteiger partial charge in [0.2, 0.25) is 6.41 Å². The van der Waals surface area contributed by atoms with Crippen LogP contribution in [0.1, 0.15) is 24.5 Å². The Labute approximate surface area is 91.1 Å². The van der Waals surface area contributed by atoms with Gasteiger partial charge in [-0.3, -0.25) is 4.79 Å². The zero-order valence-electron chi connectivity index (χ0n) is 8.41. The summed E-state index contributed by atoms with van der Waals surface area (Å²) in [4.78, 5) is 10.4. The maximum Gasteiger partial charge on any atom is 0.207 e. The number of hydrogen-bond donors (Lipinski definition) is 2. The number of carbonyl (C=O) groups excluding carboxylic acids is 1. The van der Waals surface area contributed by atoms with Crippen molar-refractivity contribution in [1.82, 2.24) is 5.32 Å². The molecule has 0 heterocycles. The van der Waals surface area contributed by atoms with Gasteiger partial charge in [-0.15, -0.1) is 0 Å². The first-order valence-electron chi connectivity index (χ1n) is 4.93. The fraction of sp³-hybridized carbons (Fsp3) is 0.364. The summed E-state index contributed by atoms with van der Waals surface area (Å²) in [6.45, 7) is 0. The Bertz CT molecular complexity index is 418. The van der Waals surface area contributed by atoms with Gasteiger partial charge >= 0.3 is 0 Å². The molecule has 0 spiro atoms. The number of aliphatic hydroxyl groups excluding tert-OH is 1. The fourth-order valence-electron chi connectivity index (χ4n) is 1.77. The minimum absolute atomic E-state index is 0.00764. The van der Waals surface area contributed by atoms with E-state index in [0.717, 1.165) is 12.1 Å². The van der Waals surface area contributed by atoms with Crippen molar-refractivity contribution in [1.29, 1.82) is 0 Å². The average Bonchev–Trinajstić information content (AvgIpc) is 2.99. The van der Waals surface area contributed by atoms with Crippen molar-refractivity contribution in [2.45, 2.75) is 24.5 Å². The molecular formula is C11H11F2NO2. The zero-order valence-corrected chi connectivity index (χ0v) is 8.41. The molecular weight excluding hydrogens is 216 g/mol. The number of aliphatic hydroxyl groups is 1. The lowest BCUT2D eigenvalue weighted by atomic mass is 10.00. The number of benzene rings is 1.